The molecule has 0 aliphatic heterocycles. The molecule has 0 unspecified atom stereocenters. The van der Waals surface area contributed by atoms with Crippen LogP contribution < -0.4 is 4.72 Å². The van der Waals surface area contributed by atoms with Crippen LogP contribution in [0.3, 0.4) is 0 Å². The second-order valence-corrected chi connectivity index (χ2v) is 8.03. The van der Waals surface area contributed by atoms with Crippen LogP contribution in [0.5, 0.6) is 0 Å². The van der Waals surface area contributed by atoms with Crippen molar-refractivity contribution in [2.24, 2.45) is 0 Å². The van der Waals surface area contributed by atoms with Crippen LogP contribution in [-0.2, 0) is 16.2 Å². The molecule has 4 rings (SSSR count). The van der Waals surface area contributed by atoms with E-state index in [0.29, 0.717) is 5.39 Å². The normalized spacial score (nSPS) is 12.1. The summed E-state index contributed by atoms with van der Waals surface area (Å²) in [5.41, 5.74) is -0.812. The number of anilines is 1. The Morgan fingerprint density at radius 2 is 1.67 bits per heavy atom. The van der Waals surface area contributed by atoms with Crippen molar-refractivity contribution in [3.05, 3.63) is 79.0 Å². The van der Waals surface area contributed by atoms with E-state index in [-0.39, 0.29) is 21.8 Å². The minimum atomic E-state index is -4.59. The van der Waals surface area contributed by atoms with Crippen LogP contribution in [0.1, 0.15) is 5.56 Å². The Morgan fingerprint density at radius 1 is 0.867 bits per heavy atom. The van der Waals surface area contributed by atoms with Gasteiger partial charge in [0.25, 0.3) is 10.0 Å². The predicted molar refractivity (Wildman–Crippen MR) is 105 cm³/mol. The lowest BCUT2D eigenvalue weighted by molar-refractivity contribution is -0.137. The number of nitrogens with zero attached hydrogens (tertiary/aromatic N) is 3. The summed E-state index contributed by atoms with van der Waals surface area (Å²) in [6.45, 7) is 0. The van der Waals surface area contributed by atoms with E-state index in [1.807, 2.05) is 0 Å². The zero-order valence-electron chi connectivity index (χ0n) is 15.1. The third kappa shape index (κ3) is 3.94. The van der Waals surface area contributed by atoms with Crippen molar-refractivity contribution >= 4 is 26.5 Å². The molecule has 4 aromatic rings. The lowest BCUT2D eigenvalue weighted by Gasteiger charge is -2.15. The highest BCUT2D eigenvalue weighted by Crippen LogP contribution is 2.36. The zero-order chi connectivity index (χ0) is 21.4. The number of nitrogens with one attached hydrogen (secondary N) is 1. The molecule has 0 radical (unpaired) electrons. The first-order valence-electron chi connectivity index (χ1n) is 8.58. The largest absolute Gasteiger partial charge is 0.416 e. The van der Waals surface area contributed by atoms with Gasteiger partial charge >= 0.3 is 6.18 Å². The minimum Gasteiger partial charge on any atom is -0.279 e. The van der Waals surface area contributed by atoms with Gasteiger partial charge in [0.1, 0.15) is 6.33 Å². The third-order valence-electron chi connectivity index (χ3n) is 4.37. The Bertz CT molecular complexity index is 1330. The Labute approximate surface area is 169 Å². The standard InChI is InChI=1S/C20H13F3N4O2S/c21-20(22,23)15-2-4-19(17(10-15)18-6-8-25-12-26-18)27-30(28,29)16-3-1-14-11-24-7-5-13(14)9-16/h1-12,27H. The summed E-state index contributed by atoms with van der Waals surface area (Å²) in [6, 6.07) is 10.3. The molecule has 2 aromatic heterocycles. The predicted octanol–water partition coefficient (Wildman–Crippen LogP) is 4.51. The summed E-state index contributed by atoms with van der Waals surface area (Å²) < 4.78 is 67.8. The molecule has 0 aliphatic carbocycles. The second-order valence-electron chi connectivity index (χ2n) is 6.34. The maximum atomic E-state index is 13.2. The molecule has 0 saturated heterocycles. The molecule has 1 N–H and O–H groups in total. The highest BCUT2D eigenvalue weighted by Gasteiger charge is 2.31. The molecule has 0 amide bonds. The summed E-state index contributed by atoms with van der Waals surface area (Å²) in [5, 5.41) is 1.42. The van der Waals surface area contributed by atoms with Crippen molar-refractivity contribution in [3.63, 3.8) is 0 Å². The summed E-state index contributed by atoms with van der Waals surface area (Å²) >= 11 is 0. The first-order valence-corrected chi connectivity index (χ1v) is 10.1. The van der Waals surface area contributed by atoms with E-state index < -0.39 is 21.8 Å². The van der Waals surface area contributed by atoms with Crippen LogP contribution in [0.4, 0.5) is 18.9 Å². The molecule has 0 atom stereocenters. The van der Waals surface area contributed by atoms with E-state index in [2.05, 4.69) is 19.7 Å². The molecular formula is C20H13F3N4O2S. The van der Waals surface area contributed by atoms with E-state index in [9.17, 15) is 21.6 Å². The molecule has 2 heterocycles. The van der Waals surface area contributed by atoms with Gasteiger partial charge < -0.3 is 0 Å². The van der Waals surface area contributed by atoms with Crippen molar-refractivity contribution in [2.75, 3.05) is 4.72 Å². The Balaban J connectivity index is 1.79. The highest BCUT2D eigenvalue weighted by molar-refractivity contribution is 7.92. The van der Waals surface area contributed by atoms with Crippen LogP contribution in [0, 0.1) is 0 Å². The summed E-state index contributed by atoms with van der Waals surface area (Å²) in [5.74, 6) is 0. The van der Waals surface area contributed by atoms with Gasteiger partial charge in [-0.3, -0.25) is 9.71 Å². The van der Waals surface area contributed by atoms with E-state index in [1.54, 1.807) is 18.3 Å². The number of fused-ring (bicyclic) bond motifs is 1. The van der Waals surface area contributed by atoms with Crippen LogP contribution in [0.2, 0.25) is 0 Å². The van der Waals surface area contributed by atoms with Gasteiger partial charge in [-0.2, -0.15) is 13.2 Å². The maximum Gasteiger partial charge on any atom is 0.416 e. The van der Waals surface area contributed by atoms with E-state index in [0.717, 1.165) is 23.6 Å². The van der Waals surface area contributed by atoms with Crippen molar-refractivity contribution in [1.82, 2.24) is 15.0 Å². The van der Waals surface area contributed by atoms with Gasteiger partial charge in [0, 0.05) is 29.5 Å². The first-order chi connectivity index (χ1) is 14.2. The number of aromatic nitrogens is 3. The summed E-state index contributed by atoms with van der Waals surface area (Å²) in [4.78, 5) is 11.6. The third-order valence-corrected chi connectivity index (χ3v) is 5.73. The number of pyridine rings is 1. The second kappa shape index (κ2) is 7.38. The molecule has 2 aromatic carbocycles. The summed E-state index contributed by atoms with van der Waals surface area (Å²) in [7, 11) is -4.08. The van der Waals surface area contributed by atoms with Gasteiger partial charge in [-0.05, 0) is 47.9 Å². The number of benzene rings is 2. The summed E-state index contributed by atoms with van der Waals surface area (Å²) in [6.07, 6.45) is 1.08. The smallest absolute Gasteiger partial charge is 0.279 e. The number of hydrogen-bond donors (Lipinski definition) is 1. The molecule has 0 saturated carbocycles. The zero-order valence-corrected chi connectivity index (χ0v) is 15.9. The lowest BCUT2D eigenvalue weighted by atomic mass is 10.1. The average Bonchev–Trinajstić information content (AvgIpc) is 2.73. The van der Waals surface area contributed by atoms with Crippen molar-refractivity contribution < 1.29 is 21.6 Å². The highest BCUT2D eigenvalue weighted by atomic mass is 32.2. The SMILES string of the molecule is O=S(=O)(Nc1ccc(C(F)(F)F)cc1-c1ccncn1)c1ccc2cnccc2c1. The van der Waals surface area contributed by atoms with Gasteiger partial charge in [0.2, 0.25) is 0 Å². The van der Waals surface area contributed by atoms with Crippen LogP contribution in [0.15, 0.2) is 78.3 Å². The number of hydrogen-bond acceptors (Lipinski definition) is 5. The molecule has 30 heavy (non-hydrogen) atoms. The van der Waals surface area contributed by atoms with Crippen molar-refractivity contribution in [3.8, 4) is 11.3 Å². The molecule has 0 bridgehead atoms. The fourth-order valence-electron chi connectivity index (χ4n) is 2.90. The van der Waals surface area contributed by atoms with Gasteiger partial charge in [0.15, 0.2) is 0 Å². The monoisotopic (exact) mass is 430 g/mol. The van der Waals surface area contributed by atoms with E-state index >= 15 is 0 Å². The van der Waals surface area contributed by atoms with Gasteiger partial charge in [-0.25, -0.2) is 18.4 Å². The Hall–Kier alpha value is -3.53. The fourth-order valence-corrected chi connectivity index (χ4v) is 4.02. The van der Waals surface area contributed by atoms with Gasteiger partial charge in [-0.1, -0.05) is 6.07 Å². The van der Waals surface area contributed by atoms with Crippen molar-refractivity contribution in [1.29, 1.82) is 0 Å². The van der Waals surface area contributed by atoms with Crippen molar-refractivity contribution in [2.45, 2.75) is 11.1 Å². The number of sulfonamides is 1. The van der Waals surface area contributed by atoms with Crippen LogP contribution in [-0.4, -0.2) is 23.4 Å². The molecule has 152 valence electrons. The molecule has 0 spiro atoms. The number of halogens is 3. The van der Waals surface area contributed by atoms with Gasteiger partial charge in [0.05, 0.1) is 21.8 Å². The lowest BCUT2D eigenvalue weighted by Crippen LogP contribution is -2.14. The Morgan fingerprint density at radius 3 is 2.40 bits per heavy atom. The number of rotatable bonds is 4. The average molecular weight is 430 g/mol. The van der Waals surface area contributed by atoms with Crippen LogP contribution >= 0.6 is 0 Å². The van der Waals surface area contributed by atoms with Crippen LogP contribution in [0.25, 0.3) is 22.0 Å². The fraction of sp³-hybridized carbons (Fsp3) is 0.0500. The van der Waals surface area contributed by atoms with Gasteiger partial charge in [-0.15, -0.1) is 0 Å². The molecule has 10 heteroatoms. The first kappa shape index (κ1) is 19.8. The topological polar surface area (TPSA) is 84.8 Å². The van der Waals surface area contributed by atoms with E-state index in [1.165, 1.54) is 36.9 Å². The number of alkyl halides is 3. The molecule has 0 fully saturated rings. The molecule has 0 aliphatic rings. The quantitative estimate of drug-likeness (QED) is 0.515. The van der Waals surface area contributed by atoms with E-state index in [4.69, 9.17) is 0 Å². The maximum absolute atomic E-state index is 13.2. The molecular weight excluding hydrogens is 417 g/mol. The Kier molecular flexibility index (Phi) is 4.86. The molecule has 6 nitrogen and oxygen atoms in total. The minimum absolute atomic E-state index is 0.0132.